The van der Waals surface area contributed by atoms with Crippen LogP contribution in [0.5, 0.6) is 0 Å². The number of amides is 2. The Balaban J connectivity index is 2.14. The van der Waals surface area contributed by atoms with Crippen LogP contribution in [-0.2, 0) is 4.79 Å². The zero-order valence-electron chi connectivity index (χ0n) is 12.0. The Labute approximate surface area is 139 Å². The highest BCUT2D eigenvalue weighted by molar-refractivity contribution is 6.33. The third-order valence-corrected chi connectivity index (χ3v) is 4.00. The number of likely N-dealkylation sites (tertiary alicyclic amines) is 1. The van der Waals surface area contributed by atoms with E-state index in [1.165, 1.54) is 18.2 Å². The van der Waals surface area contributed by atoms with Crippen molar-refractivity contribution in [1.29, 1.82) is 5.26 Å². The van der Waals surface area contributed by atoms with Gasteiger partial charge in [-0.15, -0.1) is 0 Å². The number of aliphatic carboxylic acids is 1. The number of rotatable bonds is 2. The van der Waals surface area contributed by atoms with E-state index >= 15 is 0 Å². The number of nitrogens with zero attached hydrogens (tertiary/aromatic N) is 2. The molecule has 1 fully saturated rings. The molecule has 1 aliphatic rings. The summed E-state index contributed by atoms with van der Waals surface area (Å²) in [5.41, 5.74) is 0.366. The second kappa shape index (κ2) is 6.57. The number of nitrogens with one attached hydrogen (secondary N) is 1. The van der Waals surface area contributed by atoms with Gasteiger partial charge in [0.15, 0.2) is 0 Å². The van der Waals surface area contributed by atoms with Gasteiger partial charge in [-0.1, -0.05) is 11.6 Å². The maximum atomic E-state index is 12.9. The zero-order chi connectivity index (χ0) is 18.1. The van der Waals surface area contributed by atoms with Crippen LogP contribution in [0.4, 0.5) is 23.7 Å². The molecular weight excluding hydrogens is 351 g/mol. The maximum Gasteiger partial charge on any atom is 0.394 e. The van der Waals surface area contributed by atoms with Crippen LogP contribution in [0.15, 0.2) is 18.2 Å². The molecule has 0 spiro atoms. The molecule has 0 unspecified atom stereocenters. The third kappa shape index (κ3) is 3.71. The molecule has 1 saturated heterocycles. The number of nitriles is 1. The number of carboxylic acids is 1. The number of alkyl halides is 3. The first kappa shape index (κ1) is 17.9. The summed E-state index contributed by atoms with van der Waals surface area (Å²) in [4.78, 5) is 23.9. The summed E-state index contributed by atoms with van der Waals surface area (Å²) in [6.45, 7) is -1.31. The molecule has 0 aliphatic carbocycles. The van der Waals surface area contributed by atoms with Crippen LogP contribution >= 0.6 is 11.6 Å². The largest absolute Gasteiger partial charge is 0.481 e. The number of carboxylic acid groups (broad SMARTS) is 1. The van der Waals surface area contributed by atoms with Gasteiger partial charge in [0.1, 0.15) is 0 Å². The number of hydrogen-bond donors (Lipinski definition) is 2. The summed E-state index contributed by atoms with van der Waals surface area (Å²) in [6.07, 6.45) is -4.72. The number of carbonyl (C=O) groups is 2. The van der Waals surface area contributed by atoms with Crippen LogP contribution in [0.25, 0.3) is 0 Å². The summed E-state index contributed by atoms with van der Waals surface area (Å²) < 4.78 is 38.7. The Morgan fingerprint density at radius 3 is 2.50 bits per heavy atom. The van der Waals surface area contributed by atoms with Crippen LogP contribution in [0.3, 0.4) is 0 Å². The molecule has 0 saturated carbocycles. The van der Waals surface area contributed by atoms with Gasteiger partial charge >= 0.3 is 18.2 Å². The van der Waals surface area contributed by atoms with Crippen molar-refractivity contribution in [3.05, 3.63) is 28.8 Å². The van der Waals surface area contributed by atoms with Crippen LogP contribution < -0.4 is 5.32 Å². The monoisotopic (exact) mass is 361 g/mol. The molecule has 128 valence electrons. The third-order valence-electron chi connectivity index (χ3n) is 3.68. The van der Waals surface area contributed by atoms with Gasteiger partial charge in [0.25, 0.3) is 0 Å². The van der Waals surface area contributed by atoms with Crippen LogP contribution in [0.2, 0.25) is 5.02 Å². The Kier molecular flexibility index (Phi) is 4.89. The van der Waals surface area contributed by atoms with Gasteiger partial charge in [0, 0.05) is 13.1 Å². The van der Waals surface area contributed by atoms with E-state index in [2.05, 4.69) is 5.32 Å². The van der Waals surface area contributed by atoms with Gasteiger partial charge in [-0.2, -0.15) is 18.4 Å². The lowest BCUT2D eigenvalue weighted by Crippen LogP contribution is -2.35. The number of hydrogen-bond acceptors (Lipinski definition) is 3. The van der Waals surface area contributed by atoms with Crippen molar-refractivity contribution >= 4 is 29.3 Å². The Hall–Kier alpha value is -2.47. The van der Waals surface area contributed by atoms with Crippen molar-refractivity contribution < 1.29 is 27.9 Å². The molecule has 2 rings (SSSR count). The van der Waals surface area contributed by atoms with Crippen molar-refractivity contribution in [3.8, 4) is 6.07 Å². The molecule has 2 N–H and O–H groups in total. The fourth-order valence-electron chi connectivity index (χ4n) is 2.43. The molecule has 6 nitrogen and oxygen atoms in total. The molecule has 0 radical (unpaired) electrons. The predicted molar refractivity (Wildman–Crippen MR) is 77.4 cm³/mol. The highest BCUT2D eigenvalue weighted by atomic mass is 35.5. The smallest absolute Gasteiger partial charge is 0.394 e. The van der Waals surface area contributed by atoms with E-state index in [0.717, 1.165) is 4.90 Å². The minimum Gasteiger partial charge on any atom is -0.481 e. The Bertz CT molecular complexity index is 717. The lowest BCUT2D eigenvalue weighted by atomic mass is 9.96. The topological polar surface area (TPSA) is 93.4 Å². The minimum atomic E-state index is -4.72. The normalized spacial score (nSPS) is 20.5. The van der Waals surface area contributed by atoms with E-state index in [0.29, 0.717) is 0 Å². The minimum absolute atomic E-state index is 0.0451. The van der Waals surface area contributed by atoms with Crippen LogP contribution in [-0.4, -0.2) is 41.3 Å². The van der Waals surface area contributed by atoms with Gasteiger partial charge in [-0.25, -0.2) is 4.79 Å². The predicted octanol–water partition coefficient (Wildman–Crippen LogP) is 2.94. The van der Waals surface area contributed by atoms with Gasteiger partial charge in [0.2, 0.25) is 0 Å². The van der Waals surface area contributed by atoms with Crippen LogP contribution in [0.1, 0.15) is 5.56 Å². The quantitative estimate of drug-likeness (QED) is 0.847. The van der Waals surface area contributed by atoms with Gasteiger partial charge in [0.05, 0.1) is 34.2 Å². The summed E-state index contributed by atoms with van der Waals surface area (Å²) in [5, 5.41) is 20.0. The number of carbonyl (C=O) groups excluding carboxylic acids is 1. The molecule has 0 aromatic heterocycles. The molecule has 1 heterocycles. The molecular formula is C14H11ClF3N3O3. The Morgan fingerprint density at radius 1 is 1.38 bits per heavy atom. The molecule has 2 amide bonds. The summed E-state index contributed by atoms with van der Waals surface area (Å²) in [6, 6.07) is 4.97. The van der Waals surface area contributed by atoms with Crippen molar-refractivity contribution in [2.24, 2.45) is 11.8 Å². The van der Waals surface area contributed by atoms with Gasteiger partial charge in [-0.3, -0.25) is 4.79 Å². The average molecular weight is 362 g/mol. The zero-order valence-corrected chi connectivity index (χ0v) is 12.7. The first-order chi connectivity index (χ1) is 11.1. The SMILES string of the molecule is N#Cc1ccc(NC(=O)N2C[C@@H](C(F)(F)F)[C@H](C(=O)O)C2)c(Cl)c1. The van der Waals surface area contributed by atoms with Crippen molar-refractivity contribution in [1.82, 2.24) is 4.90 Å². The van der Waals surface area contributed by atoms with E-state index in [1.807, 2.05) is 6.07 Å². The summed E-state index contributed by atoms with van der Waals surface area (Å²) in [5.74, 6) is -5.45. The molecule has 1 aromatic carbocycles. The number of urea groups is 1. The van der Waals surface area contributed by atoms with E-state index in [1.54, 1.807) is 0 Å². The van der Waals surface area contributed by atoms with E-state index in [-0.39, 0.29) is 16.3 Å². The average Bonchev–Trinajstić information content (AvgIpc) is 2.95. The summed E-state index contributed by atoms with van der Waals surface area (Å²) >= 11 is 5.88. The molecule has 0 bridgehead atoms. The number of benzene rings is 1. The van der Waals surface area contributed by atoms with Crippen molar-refractivity contribution in [3.63, 3.8) is 0 Å². The first-order valence-electron chi connectivity index (χ1n) is 6.68. The Morgan fingerprint density at radius 2 is 2.04 bits per heavy atom. The van der Waals surface area contributed by atoms with Crippen molar-refractivity contribution in [2.45, 2.75) is 6.18 Å². The molecule has 2 atom stereocenters. The van der Waals surface area contributed by atoms with Gasteiger partial charge < -0.3 is 15.3 Å². The molecule has 1 aromatic rings. The van der Waals surface area contributed by atoms with Crippen LogP contribution in [0, 0.1) is 23.2 Å². The van der Waals surface area contributed by atoms with E-state index in [4.69, 9.17) is 22.0 Å². The lowest BCUT2D eigenvalue weighted by Gasteiger charge is -2.19. The standard InChI is InChI=1S/C14H11ClF3N3O3/c15-10-3-7(4-19)1-2-11(10)20-13(24)21-5-8(12(22)23)9(6-21)14(16,17)18/h1-3,8-9H,5-6H2,(H,20,24)(H,22,23)/t8-,9-/m1/s1. The number of anilines is 1. The van der Waals surface area contributed by atoms with E-state index < -0.39 is 43.1 Å². The first-order valence-corrected chi connectivity index (χ1v) is 7.06. The highest BCUT2D eigenvalue weighted by Gasteiger charge is 2.53. The molecule has 1 aliphatic heterocycles. The molecule has 24 heavy (non-hydrogen) atoms. The van der Waals surface area contributed by atoms with E-state index in [9.17, 15) is 22.8 Å². The fraction of sp³-hybridized carbons (Fsp3) is 0.357. The summed E-state index contributed by atoms with van der Waals surface area (Å²) in [7, 11) is 0. The lowest BCUT2D eigenvalue weighted by molar-refractivity contribution is -0.187. The van der Waals surface area contributed by atoms with Gasteiger partial charge in [-0.05, 0) is 18.2 Å². The number of halogens is 4. The van der Waals surface area contributed by atoms with Crippen molar-refractivity contribution in [2.75, 3.05) is 18.4 Å². The fourth-order valence-corrected chi connectivity index (χ4v) is 2.66. The second-order valence-corrected chi connectivity index (χ2v) is 5.64. The highest BCUT2D eigenvalue weighted by Crippen LogP contribution is 2.38. The molecule has 10 heteroatoms. The maximum absolute atomic E-state index is 12.9. The second-order valence-electron chi connectivity index (χ2n) is 5.23.